The van der Waals surface area contributed by atoms with Crippen LogP contribution in [0.15, 0.2) is 54.6 Å². The molecule has 0 spiro atoms. The van der Waals surface area contributed by atoms with E-state index < -0.39 is 0 Å². The number of rotatable bonds is 14. The minimum absolute atomic E-state index is 0.476. The van der Waals surface area contributed by atoms with Crippen LogP contribution in [-0.4, -0.2) is 39.6 Å². The number of hydrogen-bond donors (Lipinski definition) is 0. The predicted octanol–water partition coefficient (Wildman–Crippen LogP) is 7.43. The summed E-state index contributed by atoms with van der Waals surface area (Å²) in [6.07, 6.45) is 13.3. The Hall–Kier alpha value is -2.30. The van der Waals surface area contributed by atoms with E-state index in [9.17, 15) is 0 Å². The molecule has 4 nitrogen and oxygen atoms in total. The lowest BCUT2D eigenvalue weighted by atomic mass is 9.83. The zero-order chi connectivity index (χ0) is 24.4. The highest BCUT2D eigenvalue weighted by Crippen LogP contribution is 2.36. The molecule has 2 heterocycles. The highest BCUT2D eigenvalue weighted by atomic mass is 16.5. The van der Waals surface area contributed by atoms with Crippen LogP contribution < -0.4 is 9.47 Å². The highest BCUT2D eigenvalue weighted by molar-refractivity contribution is 5.68. The Labute approximate surface area is 217 Å². The molecule has 4 heteroatoms. The summed E-state index contributed by atoms with van der Waals surface area (Å²) in [6, 6.07) is 17.5. The second-order valence-corrected chi connectivity index (χ2v) is 10.8. The molecule has 2 aliphatic heterocycles. The van der Waals surface area contributed by atoms with Crippen molar-refractivity contribution < 1.29 is 18.9 Å². The van der Waals surface area contributed by atoms with Crippen molar-refractivity contribution in [3.8, 4) is 11.5 Å². The van der Waals surface area contributed by atoms with Crippen molar-refractivity contribution >= 4 is 5.57 Å². The second-order valence-electron chi connectivity index (χ2n) is 10.8. The number of ether oxygens (including phenoxy) is 4. The van der Waals surface area contributed by atoms with Crippen LogP contribution in [0.25, 0.3) is 5.57 Å². The Morgan fingerprint density at radius 3 is 1.75 bits per heavy atom. The van der Waals surface area contributed by atoms with E-state index in [0.29, 0.717) is 5.92 Å². The fraction of sp³-hybridized carbons (Fsp3) is 0.562. The van der Waals surface area contributed by atoms with Gasteiger partial charge in [-0.2, -0.15) is 0 Å². The quantitative estimate of drug-likeness (QED) is 0.258. The third-order valence-corrected chi connectivity index (χ3v) is 7.86. The Kier molecular flexibility index (Phi) is 9.37. The molecule has 2 aromatic rings. The summed E-state index contributed by atoms with van der Waals surface area (Å²) in [5, 5.41) is 0. The van der Waals surface area contributed by atoms with Crippen LogP contribution in [0, 0.1) is 11.8 Å². The van der Waals surface area contributed by atoms with Gasteiger partial charge in [-0.05, 0) is 98.8 Å². The molecule has 0 radical (unpaired) electrons. The molecule has 0 saturated carbocycles. The van der Waals surface area contributed by atoms with Gasteiger partial charge in [0.05, 0.1) is 39.6 Å². The minimum atomic E-state index is 0.476. The van der Waals surface area contributed by atoms with Gasteiger partial charge in [-0.15, -0.1) is 0 Å². The first-order valence-corrected chi connectivity index (χ1v) is 14.2. The van der Waals surface area contributed by atoms with E-state index in [-0.39, 0.29) is 0 Å². The van der Waals surface area contributed by atoms with Crippen molar-refractivity contribution in [3.05, 3.63) is 65.7 Å². The Morgan fingerprint density at radius 1 is 0.667 bits per heavy atom. The van der Waals surface area contributed by atoms with Gasteiger partial charge in [0.25, 0.3) is 0 Å². The standard InChI is InChI=1S/C32H42O4/c1(6-25-21-33-22-25)3-18-35-31-14-10-27(11-15-31)29-8-5-9-30(20-29)28-12-16-32(17-13-28)36-19-4-2-7-26-23-34-24-26/h10-17,20,25-26,29H,1-9,18-19,21-24H2. The fourth-order valence-electron chi connectivity index (χ4n) is 5.35. The normalized spacial score (nSPS) is 20.3. The predicted molar refractivity (Wildman–Crippen MR) is 145 cm³/mol. The largest absolute Gasteiger partial charge is 0.494 e. The molecule has 2 fully saturated rings. The molecule has 1 atom stereocenters. The van der Waals surface area contributed by atoms with Crippen molar-refractivity contribution in [1.29, 1.82) is 0 Å². The zero-order valence-electron chi connectivity index (χ0n) is 21.7. The molecule has 194 valence electrons. The fourth-order valence-corrected chi connectivity index (χ4v) is 5.35. The lowest BCUT2D eigenvalue weighted by Crippen LogP contribution is -2.27. The molecule has 0 amide bonds. The van der Waals surface area contributed by atoms with Crippen molar-refractivity contribution in [2.45, 2.75) is 63.7 Å². The summed E-state index contributed by atoms with van der Waals surface area (Å²) in [4.78, 5) is 0. The van der Waals surface area contributed by atoms with Crippen molar-refractivity contribution in [1.82, 2.24) is 0 Å². The van der Waals surface area contributed by atoms with Crippen molar-refractivity contribution in [3.63, 3.8) is 0 Å². The van der Waals surface area contributed by atoms with Gasteiger partial charge < -0.3 is 18.9 Å². The second kappa shape index (κ2) is 13.3. The Bertz CT molecular complexity index is 941. The average molecular weight is 491 g/mol. The Morgan fingerprint density at radius 2 is 1.22 bits per heavy atom. The maximum atomic E-state index is 5.98. The first kappa shape index (κ1) is 25.4. The van der Waals surface area contributed by atoms with E-state index >= 15 is 0 Å². The molecule has 2 saturated heterocycles. The van der Waals surface area contributed by atoms with Crippen LogP contribution in [-0.2, 0) is 9.47 Å². The van der Waals surface area contributed by atoms with Crippen LogP contribution in [0.1, 0.15) is 74.8 Å². The van der Waals surface area contributed by atoms with Gasteiger partial charge in [0.2, 0.25) is 0 Å². The van der Waals surface area contributed by atoms with Gasteiger partial charge in [0.15, 0.2) is 0 Å². The lowest BCUT2D eigenvalue weighted by molar-refractivity contribution is -0.0367. The van der Waals surface area contributed by atoms with E-state index in [0.717, 1.165) is 82.2 Å². The molecule has 1 aliphatic carbocycles. The summed E-state index contributed by atoms with van der Waals surface area (Å²) in [6.45, 7) is 5.42. The number of allylic oxidation sites excluding steroid dienone is 2. The minimum Gasteiger partial charge on any atom is -0.494 e. The lowest BCUT2D eigenvalue weighted by Gasteiger charge is -2.25. The summed E-state index contributed by atoms with van der Waals surface area (Å²) in [5.74, 6) is 4.02. The van der Waals surface area contributed by atoms with Crippen LogP contribution in [0.2, 0.25) is 0 Å². The van der Waals surface area contributed by atoms with Gasteiger partial charge in [-0.25, -0.2) is 0 Å². The van der Waals surface area contributed by atoms with E-state index in [2.05, 4.69) is 54.6 Å². The summed E-state index contributed by atoms with van der Waals surface area (Å²) in [5.41, 5.74) is 4.17. The van der Waals surface area contributed by atoms with Crippen molar-refractivity contribution in [2.75, 3.05) is 39.6 Å². The third kappa shape index (κ3) is 7.36. The van der Waals surface area contributed by atoms with Crippen LogP contribution in [0.4, 0.5) is 0 Å². The molecular weight excluding hydrogens is 448 g/mol. The average Bonchev–Trinajstić information content (AvgIpc) is 2.87. The number of hydrogen-bond acceptors (Lipinski definition) is 4. The smallest absolute Gasteiger partial charge is 0.119 e. The van der Waals surface area contributed by atoms with Crippen LogP contribution >= 0.6 is 0 Å². The molecular formula is C32H42O4. The summed E-state index contributed by atoms with van der Waals surface area (Å²) < 4.78 is 22.4. The highest BCUT2D eigenvalue weighted by Gasteiger charge is 2.19. The van der Waals surface area contributed by atoms with Gasteiger partial charge in [-0.3, -0.25) is 0 Å². The molecule has 36 heavy (non-hydrogen) atoms. The molecule has 3 aliphatic rings. The Balaban J connectivity index is 1.06. The van der Waals surface area contributed by atoms with E-state index in [1.807, 2.05) is 0 Å². The zero-order valence-corrected chi connectivity index (χ0v) is 21.7. The van der Waals surface area contributed by atoms with E-state index in [1.54, 1.807) is 0 Å². The van der Waals surface area contributed by atoms with Crippen LogP contribution in [0.5, 0.6) is 11.5 Å². The molecule has 0 bridgehead atoms. The number of unbranched alkanes of at least 4 members (excludes halogenated alkanes) is 2. The maximum Gasteiger partial charge on any atom is 0.119 e. The van der Waals surface area contributed by atoms with Gasteiger partial charge in [-0.1, -0.05) is 30.3 Å². The molecule has 1 unspecified atom stereocenters. The third-order valence-electron chi connectivity index (χ3n) is 7.86. The first-order valence-electron chi connectivity index (χ1n) is 14.2. The van der Waals surface area contributed by atoms with Crippen LogP contribution in [0.3, 0.4) is 0 Å². The summed E-state index contributed by atoms with van der Waals surface area (Å²) in [7, 11) is 0. The van der Waals surface area contributed by atoms with E-state index in [1.165, 1.54) is 55.2 Å². The van der Waals surface area contributed by atoms with Crippen molar-refractivity contribution in [2.24, 2.45) is 11.8 Å². The number of benzene rings is 2. The molecule has 0 N–H and O–H groups in total. The topological polar surface area (TPSA) is 36.9 Å². The maximum absolute atomic E-state index is 5.98. The van der Waals surface area contributed by atoms with Gasteiger partial charge in [0, 0.05) is 17.8 Å². The van der Waals surface area contributed by atoms with Gasteiger partial charge in [0.1, 0.15) is 11.5 Å². The van der Waals surface area contributed by atoms with Gasteiger partial charge >= 0.3 is 0 Å². The molecule has 5 rings (SSSR count). The summed E-state index contributed by atoms with van der Waals surface area (Å²) >= 11 is 0. The SMILES string of the molecule is C1=C(c2ccc(OCCCCC3COC3)cc2)CCCC1c1ccc(OCCCCC2COC2)cc1. The molecule has 0 aromatic heterocycles. The van der Waals surface area contributed by atoms with E-state index in [4.69, 9.17) is 18.9 Å². The first-order chi connectivity index (χ1) is 17.8. The monoisotopic (exact) mass is 490 g/mol. The molecule has 2 aromatic carbocycles.